The molecule has 0 heterocycles. The van der Waals surface area contributed by atoms with E-state index in [1.165, 1.54) is 0 Å². The average Bonchev–Trinajstić information content (AvgIpc) is 2.51. The van der Waals surface area contributed by atoms with Crippen LogP contribution in [0.15, 0.2) is 42.5 Å². The van der Waals surface area contributed by atoms with Gasteiger partial charge in [-0.25, -0.2) is 0 Å². The van der Waals surface area contributed by atoms with Gasteiger partial charge in [-0.1, -0.05) is 38.1 Å². The number of carbonyl (C=O) groups is 2. The van der Waals surface area contributed by atoms with Gasteiger partial charge in [-0.3, -0.25) is 9.59 Å². The Labute approximate surface area is 143 Å². The third kappa shape index (κ3) is 4.69. The molecule has 4 nitrogen and oxygen atoms in total. The van der Waals surface area contributed by atoms with Gasteiger partial charge in [0.2, 0.25) is 11.8 Å². The third-order valence-electron chi connectivity index (χ3n) is 3.97. The summed E-state index contributed by atoms with van der Waals surface area (Å²) in [7, 11) is 0. The largest absolute Gasteiger partial charge is 0.326 e. The summed E-state index contributed by atoms with van der Waals surface area (Å²) in [5, 5.41) is 5.59. The molecule has 24 heavy (non-hydrogen) atoms. The van der Waals surface area contributed by atoms with Crippen molar-refractivity contribution in [1.29, 1.82) is 0 Å². The van der Waals surface area contributed by atoms with E-state index in [1.54, 1.807) is 0 Å². The maximum atomic E-state index is 12.1. The van der Waals surface area contributed by atoms with Gasteiger partial charge in [-0.15, -0.1) is 0 Å². The highest BCUT2D eigenvalue weighted by molar-refractivity contribution is 6.08. The number of hydrogen-bond donors (Lipinski definition) is 2. The van der Waals surface area contributed by atoms with Crippen LogP contribution in [0.25, 0.3) is 0 Å². The lowest BCUT2D eigenvalue weighted by Gasteiger charge is -2.13. The molecule has 0 saturated carbocycles. The Morgan fingerprint density at radius 3 is 2.25 bits per heavy atom. The molecule has 0 bridgehead atoms. The van der Waals surface area contributed by atoms with Crippen LogP contribution >= 0.6 is 0 Å². The zero-order valence-corrected chi connectivity index (χ0v) is 14.6. The lowest BCUT2D eigenvalue weighted by Crippen LogP contribution is -2.22. The third-order valence-corrected chi connectivity index (χ3v) is 3.97. The predicted molar refractivity (Wildman–Crippen MR) is 98.3 cm³/mol. The first-order chi connectivity index (χ1) is 11.4. The van der Waals surface area contributed by atoms with E-state index < -0.39 is 0 Å². The van der Waals surface area contributed by atoms with Gasteiger partial charge in [0.25, 0.3) is 0 Å². The van der Waals surface area contributed by atoms with Gasteiger partial charge in [0.05, 0.1) is 0 Å². The molecule has 0 fully saturated rings. The Kier molecular flexibility index (Phi) is 5.74. The first-order valence-electron chi connectivity index (χ1n) is 8.12. The van der Waals surface area contributed by atoms with E-state index in [0.717, 1.165) is 22.4 Å². The molecule has 0 atom stereocenters. The minimum absolute atomic E-state index is 0.209. The Morgan fingerprint density at radius 2 is 1.58 bits per heavy atom. The van der Waals surface area contributed by atoms with Gasteiger partial charge in [-0.05, 0) is 54.7 Å². The quantitative estimate of drug-likeness (QED) is 0.801. The van der Waals surface area contributed by atoms with Gasteiger partial charge in [0, 0.05) is 11.4 Å². The van der Waals surface area contributed by atoms with Crippen molar-refractivity contribution in [3.05, 3.63) is 59.2 Å². The molecule has 0 aliphatic rings. The summed E-state index contributed by atoms with van der Waals surface area (Å²) in [6.07, 6.45) is -0.209. The van der Waals surface area contributed by atoms with E-state index in [4.69, 9.17) is 0 Å². The predicted octanol–water partition coefficient (Wildman–Crippen LogP) is 4.39. The van der Waals surface area contributed by atoms with E-state index in [9.17, 15) is 9.59 Å². The molecule has 2 amide bonds. The standard InChI is InChI=1S/C20H24N2O2/c1-13(2)17-7-5-6-8-18(17)22-20(24)12-19(23)21-16-10-9-14(3)15(4)11-16/h5-11,13H,12H2,1-4H3,(H,21,23)(H,22,24). The van der Waals surface area contributed by atoms with Crippen molar-refractivity contribution in [2.24, 2.45) is 0 Å². The maximum Gasteiger partial charge on any atom is 0.233 e. The van der Waals surface area contributed by atoms with Crippen LogP contribution in [-0.4, -0.2) is 11.8 Å². The molecule has 2 aromatic carbocycles. The summed E-state index contributed by atoms with van der Waals surface area (Å²) in [4.78, 5) is 24.2. The highest BCUT2D eigenvalue weighted by Crippen LogP contribution is 2.23. The number of carbonyl (C=O) groups excluding carboxylic acids is 2. The number of rotatable bonds is 5. The number of para-hydroxylation sites is 1. The molecule has 2 N–H and O–H groups in total. The Balaban J connectivity index is 1.97. The molecule has 0 aromatic heterocycles. The average molecular weight is 324 g/mol. The summed E-state index contributed by atoms with van der Waals surface area (Å²) < 4.78 is 0. The zero-order chi connectivity index (χ0) is 17.7. The van der Waals surface area contributed by atoms with Crippen LogP contribution in [0.1, 0.15) is 42.9 Å². The Hall–Kier alpha value is -2.62. The van der Waals surface area contributed by atoms with Crippen LogP contribution in [0, 0.1) is 13.8 Å². The van der Waals surface area contributed by atoms with Crippen molar-refractivity contribution in [3.63, 3.8) is 0 Å². The van der Waals surface area contributed by atoms with E-state index in [-0.39, 0.29) is 18.2 Å². The highest BCUT2D eigenvalue weighted by atomic mass is 16.2. The topological polar surface area (TPSA) is 58.2 Å². The van der Waals surface area contributed by atoms with Crippen molar-refractivity contribution in [2.75, 3.05) is 10.6 Å². The highest BCUT2D eigenvalue weighted by Gasteiger charge is 2.13. The van der Waals surface area contributed by atoms with Crippen LogP contribution in [0.3, 0.4) is 0 Å². The van der Waals surface area contributed by atoms with Gasteiger partial charge in [0.1, 0.15) is 6.42 Å². The molecule has 0 spiro atoms. The fourth-order valence-electron chi connectivity index (χ4n) is 2.48. The zero-order valence-electron chi connectivity index (χ0n) is 14.6. The molecule has 4 heteroatoms. The monoisotopic (exact) mass is 324 g/mol. The van der Waals surface area contributed by atoms with Crippen molar-refractivity contribution >= 4 is 23.2 Å². The van der Waals surface area contributed by atoms with E-state index in [2.05, 4.69) is 24.5 Å². The molecule has 0 aliphatic heterocycles. The number of hydrogen-bond acceptors (Lipinski definition) is 2. The summed E-state index contributed by atoms with van der Waals surface area (Å²) in [6.45, 7) is 8.13. The van der Waals surface area contributed by atoms with Crippen LogP contribution in [-0.2, 0) is 9.59 Å². The molecule has 0 radical (unpaired) electrons. The molecule has 0 unspecified atom stereocenters. The summed E-state index contributed by atoms with van der Waals surface area (Å²) >= 11 is 0. The summed E-state index contributed by atoms with van der Waals surface area (Å²) in [6, 6.07) is 13.3. The number of anilines is 2. The number of benzene rings is 2. The van der Waals surface area contributed by atoms with Gasteiger partial charge >= 0.3 is 0 Å². The molecule has 0 saturated heterocycles. The second-order valence-electron chi connectivity index (χ2n) is 6.31. The fraction of sp³-hybridized carbons (Fsp3) is 0.300. The molecule has 2 aromatic rings. The van der Waals surface area contributed by atoms with Crippen molar-refractivity contribution < 1.29 is 9.59 Å². The Bertz CT molecular complexity index is 751. The van der Waals surface area contributed by atoms with Crippen LogP contribution in [0.4, 0.5) is 11.4 Å². The minimum atomic E-state index is -0.321. The van der Waals surface area contributed by atoms with E-state index in [1.807, 2.05) is 56.3 Å². The van der Waals surface area contributed by atoms with Crippen LogP contribution in [0.5, 0.6) is 0 Å². The van der Waals surface area contributed by atoms with Gasteiger partial charge in [0.15, 0.2) is 0 Å². The van der Waals surface area contributed by atoms with E-state index in [0.29, 0.717) is 11.6 Å². The lowest BCUT2D eigenvalue weighted by molar-refractivity contribution is -0.123. The molecule has 126 valence electrons. The number of aryl methyl sites for hydroxylation is 2. The molecular weight excluding hydrogens is 300 g/mol. The number of amides is 2. The van der Waals surface area contributed by atoms with Crippen LogP contribution in [0.2, 0.25) is 0 Å². The summed E-state index contributed by atoms with van der Waals surface area (Å²) in [5.74, 6) is -0.340. The summed E-state index contributed by atoms with van der Waals surface area (Å²) in [5.41, 5.74) is 4.79. The minimum Gasteiger partial charge on any atom is -0.326 e. The normalized spacial score (nSPS) is 10.5. The Morgan fingerprint density at radius 1 is 0.917 bits per heavy atom. The van der Waals surface area contributed by atoms with Gasteiger partial charge in [-0.2, -0.15) is 0 Å². The number of nitrogens with one attached hydrogen (secondary N) is 2. The lowest BCUT2D eigenvalue weighted by atomic mass is 10.0. The second-order valence-corrected chi connectivity index (χ2v) is 6.31. The van der Waals surface area contributed by atoms with Crippen LogP contribution < -0.4 is 10.6 Å². The van der Waals surface area contributed by atoms with Crippen molar-refractivity contribution in [3.8, 4) is 0 Å². The molecule has 2 rings (SSSR count). The maximum absolute atomic E-state index is 12.1. The first kappa shape index (κ1) is 17.7. The SMILES string of the molecule is Cc1ccc(NC(=O)CC(=O)Nc2ccccc2C(C)C)cc1C. The van der Waals surface area contributed by atoms with Crippen molar-refractivity contribution in [1.82, 2.24) is 0 Å². The molecule has 0 aliphatic carbocycles. The van der Waals surface area contributed by atoms with Crippen molar-refractivity contribution in [2.45, 2.75) is 40.0 Å². The molecular formula is C20H24N2O2. The van der Waals surface area contributed by atoms with E-state index >= 15 is 0 Å². The fourth-order valence-corrected chi connectivity index (χ4v) is 2.48. The van der Waals surface area contributed by atoms with Gasteiger partial charge < -0.3 is 10.6 Å². The smallest absolute Gasteiger partial charge is 0.233 e. The second kappa shape index (κ2) is 7.77. The first-order valence-corrected chi connectivity index (χ1v) is 8.12.